The molecule has 0 aliphatic carbocycles. The fraction of sp³-hybridized carbons (Fsp3) is 0.533. The van der Waals surface area contributed by atoms with Crippen LogP contribution in [-0.2, 0) is 0 Å². The van der Waals surface area contributed by atoms with Gasteiger partial charge in [-0.3, -0.25) is 0 Å². The van der Waals surface area contributed by atoms with Gasteiger partial charge >= 0.3 is 0 Å². The fourth-order valence-corrected chi connectivity index (χ4v) is 2.53. The Kier molecular flexibility index (Phi) is 4.28. The van der Waals surface area contributed by atoms with E-state index in [1.54, 1.807) is 6.07 Å². The van der Waals surface area contributed by atoms with Crippen LogP contribution in [0.25, 0.3) is 0 Å². The van der Waals surface area contributed by atoms with E-state index in [-0.39, 0.29) is 0 Å². The summed E-state index contributed by atoms with van der Waals surface area (Å²) in [5.74, 6) is 0.694. The Labute approximate surface area is 115 Å². The molecular weight excluding hydrogens is 236 g/mol. The lowest BCUT2D eigenvalue weighted by Gasteiger charge is -2.20. The predicted octanol–water partition coefficient (Wildman–Crippen LogP) is 2.28. The minimum Gasteiger partial charge on any atom is -0.398 e. The zero-order valence-corrected chi connectivity index (χ0v) is 11.7. The summed E-state index contributed by atoms with van der Waals surface area (Å²) in [6, 6.07) is 8.25. The van der Waals surface area contributed by atoms with E-state index >= 15 is 0 Å². The zero-order chi connectivity index (χ0) is 13.8. The van der Waals surface area contributed by atoms with E-state index in [1.807, 2.05) is 12.1 Å². The molecule has 1 fully saturated rings. The lowest BCUT2D eigenvalue weighted by Crippen LogP contribution is -2.29. The number of nitrogen functional groups attached to an aromatic ring is 1. The highest BCUT2D eigenvalue weighted by Crippen LogP contribution is 2.21. The van der Waals surface area contributed by atoms with E-state index in [0.29, 0.717) is 23.2 Å². The average molecular weight is 258 g/mol. The van der Waals surface area contributed by atoms with Crippen molar-refractivity contribution in [1.82, 2.24) is 4.90 Å². The predicted molar refractivity (Wildman–Crippen MR) is 78.9 cm³/mol. The quantitative estimate of drug-likeness (QED) is 0.813. The number of hydrogen-bond donors (Lipinski definition) is 2. The summed E-state index contributed by atoms with van der Waals surface area (Å²) in [4.78, 5) is 2.51. The van der Waals surface area contributed by atoms with Gasteiger partial charge in [0.25, 0.3) is 0 Å². The molecule has 1 aromatic carbocycles. The van der Waals surface area contributed by atoms with E-state index in [2.05, 4.69) is 30.1 Å². The lowest BCUT2D eigenvalue weighted by atomic mass is 10.1. The van der Waals surface area contributed by atoms with Gasteiger partial charge in [0.1, 0.15) is 6.07 Å². The smallest absolute Gasteiger partial charge is 0.101 e. The Morgan fingerprint density at radius 3 is 2.89 bits per heavy atom. The monoisotopic (exact) mass is 258 g/mol. The van der Waals surface area contributed by atoms with Crippen molar-refractivity contribution in [3.05, 3.63) is 23.8 Å². The van der Waals surface area contributed by atoms with E-state index in [1.165, 1.54) is 13.0 Å². The van der Waals surface area contributed by atoms with Gasteiger partial charge in [0.2, 0.25) is 0 Å². The fourth-order valence-electron chi connectivity index (χ4n) is 2.53. The van der Waals surface area contributed by atoms with Crippen molar-refractivity contribution >= 4 is 11.4 Å². The van der Waals surface area contributed by atoms with Gasteiger partial charge in [0.05, 0.1) is 11.3 Å². The molecule has 0 spiro atoms. The van der Waals surface area contributed by atoms with Crippen LogP contribution in [0.4, 0.5) is 11.4 Å². The zero-order valence-electron chi connectivity index (χ0n) is 11.7. The van der Waals surface area contributed by atoms with Gasteiger partial charge in [-0.15, -0.1) is 0 Å². The molecule has 1 heterocycles. The highest BCUT2D eigenvalue weighted by atomic mass is 15.2. The SMILES string of the molecule is CC(C)N1CCC(CNc2ccc(C#N)c(N)c2)C1. The molecule has 2 rings (SSSR count). The summed E-state index contributed by atoms with van der Waals surface area (Å²) in [7, 11) is 0. The molecule has 1 aliphatic heterocycles. The summed E-state index contributed by atoms with van der Waals surface area (Å²) in [5, 5.41) is 12.3. The Hall–Kier alpha value is -1.73. The molecule has 0 aromatic heterocycles. The van der Waals surface area contributed by atoms with Gasteiger partial charge in [-0.1, -0.05) is 0 Å². The molecule has 0 saturated carbocycles. The van der Waals surface area contributed by atoms with Crippen molar-refractivity contribution in [2.24, 2.45) is 5.92 Å². The summed E-state index contributed by atoms with van der Waals surface area (Å²) in [6.07, 6.45) is 1.25. The Morgan fingerprint density at radius 2 is 2.32 bits per heavy atom. The van der Waals surface area contributed by atoms with E-state index in [4.69, 9.17) is 11.0 Å². The molecular formula is C15H22N4. The lowest BCUT2D eigenvalue weighted by molar-refractivity contribution is 0.266. The number of nitriles is 1. The molecule has 0 amide bonds. The second-order valence-corrected chi connectivity index (χ2v) is 5.54. The number of hydrogen-bond acceptors (Lipinski definition) is 4. The van der Waals surface area contributed by atoms with Crippen molar-refractivity contribution in [3.8, 4) is 6.07 Å². The Balaban J connectivity index is 1.87. The average Bonchev–Trinajstić information content (AvgIpc) is 2.85. The third-order valence-electron chi connectivity index (χ3n) is 3.81. The molecule has 0 bridgehead atoms. The topological polar surface area (TPSA) is 65.1 Å². The standard InChI is InChI=1S/C15H22N4/c1-11(2)19-6-5-12(10-19)9-18-14-4-3-13(8-16)15(17)7-14/h3-4,7,11-12,18H,5-6,9-10,17H2,1-2H3. The number of nitrogens with two attached hydrogens (primary N) is 1. The molecule has 1 saturated heterocycles. The van der Waals surface area contributed by atoms with Crippen LogP contribution < -0.4 is 11.1 Å². The second kappa shape index (κ2) is 5.94. The number of likely N-dealkylation sites (tertiary alicyclic amines) is 1. The van der Waals surface area contributed by atoms with Crippen LogP contribution in [0.5, 0.6) is 0 Å². The maximum Gasteiger partial charge on any atom is 0.101 e. The highest BCUT2D eigenvalue weighted by molar-refractivity contribution is 5.62. The minimum absolute atomic E-state index is 0.539. The van der Waals surface area contributed by atoms with Gasteiger partial charge in [-0.25, -0.2) is 0 Å². The largest absolute Gasteiger partial charge is 0.398 e. The molecule has 1 aliphatic rings. The van der Waals surface area contributed by atoms with Crippen LogP contribution in [0.15, 0.2) is 18.2 Å². The maximum absolute atomic E-state index is 8.84. The van der Waals surface area contributed by atoms with Crippen molar-refractivity contribution < 1.29 is 0 Å². The first-order valence-corrected chi connectivity index (χ1v) is 6.87. The molecule has 102 valence electrons. The Morgan fingerprint density at radius 1 is 1.53 bits per heavy atom. The normalized spacial score (nSPS) is 19.6. The van der Waals surface area contributed by atoms with Crippen LogP contribution in [0.3, 0.4) is 0 Å². The number of rotatable bonds is 4. The van der Waals surface area contributed by atoms with Crippen molar-refractivity contribution in [1.29, 1.82) is 5.26 Å². The molecule has 1 unspecified atom stereocenters. The van der Waals surface area contributed by atoms with Gasteiger partial charge in [-0.2, -0.15) is 5.26 Å². The third kappa shape index (κ3) is 3.39. The van der Waals surface area contributed by atoms with Gasteiger partial charge in [0.15, 0.2) is 0 Å². The molecule has 4 heteroatoms. The molecule has 0 radical (unpaired) electrons. The van der Waals surface area contributed by atoms with Crippen LogP contribution in [0, 0.1) is 17.2 Å². The van der Waals surface area contributed by atoms with Gasteiger partial charge in [0, 0.05) is 24.8 Å². The molecule has 3 N–H and O–H groups in total. The minimum atomic E-state index is 0.539. The number of benzene rings is 1. The van der Waals surface area contributed by atoms with Crippen LogP contribution in [-0.4, -0.2) is 30.6 Å². The molecule has 19 heavy (non-hydrogen) atoms. The van der Waals surface area contributed by atoms with Gasteiger partial charge < -0.3 is 16.0 Å². The summed E-state index contributed by atoms with van der Waals surface area (Å²) in [6.45, 7) is 7.82. The molecule has 1 aromatic rings. The number of anilines is 2. The summed E-state index contributed by atoms with van der Waals surface area (Å²) in [5.41, 5.74) is 7.89. The third-order valence-corrected chi connectivity index (χ3v) is 3.81. The second-order valence-electron chi connectivity index (χ2n) is 5.54. The van der Waals surface area contributed by atoms with E-state index in [9.17, 15) is 0 Å². The van der Waals surface area contributed by atoms with Crippen molar-refractivity contribution in [2.45, 2.75) is 26.3 Å². The first-order valence-electron chi connectivity index (χ1n) is 6.87. The van der Waals surface area contributed by atoms with Crippen molar-refractivity contribution in [3.63, 3.8) is 0 Å². The number of nitrogens with one attached hydrogen (secondary N) is 1. The van der Waals surface area contributed by atoms with Crippen LogP contribution in [0.1, 0.15) is 25.8 Å². The Bertz CT molecular complexity index is 476. The number of nitrogens with zero attached hydrogens (tertiary/aromatic N) is 2. The maximum atomic E-state index is 8.84. The first-order chi connectivity index (χ1) is 9.10. The summed E-state index contributed by atoms with van der Waals surface area (Å²) >= 11 is 0. The van der Waals surface area contributed by atoms with Gasteiger partial charge in [-0.05, 0) is 50.9 Å². The highest BCUT2D eigenvalue weighted by Gasteiger charge is 2.23. The van der Waals surface area contributed by atoms with E-state index < -0.39 is 0 Å². The molecule has 4 nitrogen and oxygen atoms in total. The van der Waals surface area contributed by atoms with E-state index in [0.717, 1.165) is 18.8 Å². The van der Waals surface area contributed by atoms with Crippen molar-refractivity contribution in [2.75, 3.05) is 30.7 Å². The van der Waals surface area contributed by atoms with Crippen LogP contribution >= 0.6 is 0 Å². The molecule has 1 atom stereocenters. The summed E-state index contributed by atoms with van der Waals surface area (Å²) < 4.78 is 0. The van der Waals surface area contributed by atoms with Crippen LogP contribution in [0.2, 0.25) is 0 Å². The first kappa shape index (κ1) is 13.7.